The van der Waals surface area contributed by atoms with E-state index in [4.69, 9.17) is 25.8 Å². The summed E-state index contributed by atoms with van der Waals surface area (Å²) in [5.74, 6) is -1.65. The standard InChI is InChI=1S/C47H60ClN7O8S/c1-28-11-9-13-38(63-40(57)24-53(6)39(56)22-49-45(3,4)5)41-35-21-47(35,41)26-55-25-46(18-10-12-30-19-32(48)15-16-34(30)46)27-62-37-17-14-31(20-36(37)55)42(58)51-64(60,29(28)2)52-43(59)33-23-54(7)50-44(33)61-8/h9,13-17,19-20,23,28-29,35,38,41,49H,10-12,18,21-22,24-27H2,1-8H3,(H,51,52,58,59,60)/b13-9+. The maximum absolute atomic E-state index is 15.2. The third-order valence-corrected chi connectivity index (χ3v) is 16.6. The van der Waals surface area contributed by atoms with E-state index in [1.165, 1.54) is 34.0 Å². The van der Waals surface area contributed by atoms with Crippen molar-refractivity contribution >= 4 is 50.9 Å². The van der Waals surface area contributed by atoms with E-state index in [0.717, 1.165) is 25.7 Å². The van der Waals surface area contributed by atoms with Gasteiger partial charge in [0.2, 0.25) is 11.8 Å². The minimum Gasteiger partial charge on any atom is -0.490 e. The number of amides is 3. The number of halogens is 1. The number of anilines is 1. The Labute approximate surface area is 380 Å². The van der Waals surface area contributed by atoms with Gasteiger partial charge in [0, 0.05) is 60.8 Å². The van der Waals surface area contributed by atoms with Crippen molar-refractivity contribution < 1.29 is 37.6 Å². The quantitative estimate of drug-likeness (QED) is 0.204. The Morgan fingerprint density at radius 2 is 1.91 bits per heavy atom. The largest absolute Gasteiger partial charge is 0.490 e. The lowest BCUT2D eigenvalue weighted by molar-refractivity contribution is -0.152. The topological polar surface area (TPSA) is 174 Å². The highest BCUT2D eigenvalue weighted by Crippen LogP contribution is 2.81. The average molecular weight is 919 g/mol. The normalized spacial score (nSPS) is 30.0. The van der Waals surface area contributed by atoms with Crippen molar-refractivity contribution in [3.05, 3.63) is 82.0 Å². The Bertz CT molecular complexity index is 2530. The Balaban J connectivity index is 1.17. The third kappa shape index (κ3) is 9.02. The van der Waals surface area contributed by atoms with E-state index in [-0.39, 0.29) is 70.1 Å². The number of nitrogens with zero attached hydrogens (tertiary/aromatic N) is 5. The number of aromatic nitrogens is 2. The van der Waals surface area contributed by atoms with Crippen LogP contribution in [0.25, 0.3) is 0 Å². The van der Waals surface area contributed by atoms with Crippen molar-refractivity contribution in [1.29, 1.82) is 0 Å². The van der Waals surface area contributed by atoms with Gasteiger partial charge in [-0.05, 0) is 125 Å². The van der Waals surface area contributed by atoms with Gasteiger partial charge >= 0.3 is 5.97 Å². The average Bonchev–Trinajstić information content (AvgIpc) is 4.07. The highest BCUT2D eigenvalue weighted by molar-refractivity contribution is 7.93. The van der Waals surface area contributed by atoms with Crippen LogP contribution in [0.1, 0.15) is 92.1 Å². The molecule has 8 unspecified atom stereocenters. The number of benzene rings is 2. The van der Waals surface area contributed by atoms with Crippen LogP contribution in [0.3, 0.4) is 0 Å². The number of esters is 1. The van der Waals surface area contributed by atoms with Crippen LogP contribution in [0, 0.1) is 23.2 Å². The van der Waals surface area contributed by atoms with E-state index in [1.54, 1.807) is 39.2 Å². The number of rotatable bonds is 8. The molecular weight excluding hydrogens is 858 g/mol. The number of fused-ring (bicyclic) bond motifs is 4. The molecule has 2 fully saturated rings. The van der Waals surface area contributed by atoms with Gasteiger partial charge in [-0.15, -0.1) is 9.46 Å². The lowest BCUT2D eigenvalue weighted by atomic mass is 9.70. The van der Waals surface area contributed by atoms with E-state index in [1.807, 2.05) is 45.9 Å². The summed E-state index contributed by atoms with van der Waals surface area (Å²) in [6, 6.07) is 11.3. The van der Waals surface area contributed by atoms with Gasteiger partial charge in [-0.1, -0.05) is 30.7 Å². The van der Waals surface area contributed by atoms with Gasteiger partial charge in [-0.25, -0.2) is 4.21 Å². The number of ether oxygens (including phenoxy) is 3. The minimum atomic E-state index is -3.82. The lowest BCUT2D eigenvalue weighted by Gasteiger charge is -2.41. The molecule has 17 heteroatoms. The summed E-state index contributed by atoms with van der Waals surface area (Å²) < 4.78 is 41.9. The van der Waals surface area contributed by atoms with Crippen LogP contribution < -0.4 is 24.4 Å². The Hall–Kier alpha value is -4.93. The molecule has 2 spiro atoms. The molecule has 64 heavy (non-hydrogen) atoms. The highest BCUT2D eigenvalue weighted by Gasteiger charge is 2.81. The smallest absolute Gasteiger partial charge is 0.326 e. The van der Waals surface area contributed by atoms with Gasteiger partial charge in [0.05, 0.1) is 31.2 Å². The number of aryl methyl sites for hydroxylation is 2. The Morgan fingerprint density at radius 1 is 1.12 bits per heavy atom. The minimum absolute atomic E-state index is 0.00992. The molecular formula is C47H60ClN7O8S. The van der Waals surface area contributed by atoms with Crippen molar-refractivity contribution in [3.63, 3.8) is 0 Å². The molecule has 2 bridgehead atoms. The maximum atomic E-state index is 15.2. The number of methoxy groups -OCH3 is 1. The molecule has 15 nitrogen and oxygen atoms in total. The fourth-order valence-electron chi connectivity index (χ4n) is 9.94. The molecule has 8 atom stereocenters. The molecule has 3 amide bonds. The van der Waals surface area contributed by atoms with E-state index in [9.17, 15) is 19.2 Å². The number of nitrogens with one attached hydrogen (secondary N) is 2. The number of hydrogen-bond acceptors (Lipinski definition) is 11. The summed E-state index contributed by atoms with van der Waals surface area (Å²) in [4.78, 5) is 58.6. The lowest BCUT2D eigenvalue weighted by Crippen LogP contribution is -2.47. The second-order valence-corrected chi connectivity index (χ2v) is 22.3. The molecule has 2 N–H and O–H groups in total. The van der Waals surface area contributed by atoms with Crippen LogP contribution in [0.4, 0.5) is 5.69 Å². The van der Waals surface area contributed by atoms with Gasteiger partial charge in [0.25, 0.3) is 11.8 Å². The molecule has 2 aromatic carbocycles. The van der Waals surface area contributed by atoms with E-state index in [2.05, 4.69) is 36.5 Å². The number of allylic oxidation sites excluding steroid dienone is 1. The van der Waals surface area contributed by atoms with Gasteiger partial charge in [0.15, 0.2) is 0 Å². The molecule has 344 valence electrons. The Kier molecular flexibility index (Phi) is 12.2. The molecule has 8 rings (SSSR count). The molecule has 1 aromatic heterocycles. The molecule has 0 saturated heterocycles. The first kappa shape index (κ1) is 45.6. The molecule has 2 aliphatic heterocycles. The number of likely N-dealkylation sites (N-methyl/N-ethyl adjacent to an activating group) is 1. The summed E-state index contributed by atoms with van der Waals surface area (Å²) in [6.07, 6.45) is 8.76. The first-order valence-corrected chi connectivity index (χ1v) is 24.1. The molecule has 0 radical (unpaired) electrons. The van der Waals surface area contributed by atoms with Crippen molar-refractivity contribution in [2.75, 3.05) is 51.8 Å². The van der Waals surface area contributed by atoms with Crippen LogP contribution in [0.15, 0.2) is 59.1 Å². The van der Waals surface area contributed by atoms with Gasteiger partial charge in [-0.3, -0.25) is 28.6 Å². The van der Waals surface area contributed by atoms with Crippen molar-refractivity contribution in [3.8, 4) is 11.6 Å². The SMILES string of the molecule is COc1nn(C)cc1C(=O)NS1(=O)=NC(=O)c2ccc3c(c2)N(CC2(CCCc4cc(Cl)ccc42)CO3)CC23CC2C3C(OC(=O)CN(C)C(=O)CNC(C)(C)C)/C=C/CC(C)C1C. The van der Waals surface area contributed by atoms with Crippen LogP contribution >= 0.6 is 11.6 Å². The molecule has 2 saturated carbocycles. The van der Waals surface area contributed by atoms with E-state index >= 15 is 4.21 Å². The number of carbonyl (C=O) groups excluding carboxylic acids is 4. The Morgan fingerprint density at radius 3 is 2.64 bits per heavy atom. The predicted octanol–water partition coefficient (Wildman–Crippen LogP) is 5.89. The molecule has 3 aliphatic carbocycles. The van der Waals surface area contributed by atoms with Crippen LogP contribution in [0.2, 0.25) is 5.02 Å². The van der Waals surface area contributed by atoms with Crippen LogP contribution in [-0.2, 0) is 43.1 Å². The molecule has 3 heterocycles. The fraction of sp³-hybridized carbons (Fsp3) is 0.553. The number of carbonyl (C=O) groups is 4. The van der Waals surface area contributed by atoms with E-state index < -0.39 is 39.1 Å². The van der Waals surface area contributed by atoms with Crippen LogP contribution in [-0.4, -0.2) is 106 Å². The first-order valence-electron chi connectivity index (χ1n) is 22.1. The third-order valence-electron chi connectivity index (χ3n) is 13.9. The van der Waals surface area contributed by atoms with Crippen molar-refractivity contribution in [2.24, 2.45) is 34.6 Å². The zero-order valence-electron chi connectivity index (χ0n) is 37.9. The predicted molar refractivity (Wildman–Crippen MR) is 244 cm³/mol. The first-order chi connectivity index (χ1) is 30.2. The zero-order valence-corrected chi connectivity index (χ0v) is 39.5. The maximum Gasteiger partial charge on any atom is 0.326 e. The van der Waals surface area contributed by atoms with Gasteiger partial charge < -0.3 is 29.3 Å². The highest BCUT2D eigenvalue weighted by atomic mass is 35.5. The number of hydrogen-bond donors (Lipinski definition) is 2. The summed E-state index contributed by atoms with van der Waals surface area (Å²) in [7, 11) is 0.795. The van der Waals surface area contributed by atoms with Crippen molar-refractivity contribution in [2.45, 2.75) is 89.0 Å². The van der Waals surface area contributed by atoms with Crippen LogP contribution in [0.5, 0.6) is 11.6 Å². The molecule has 5 aliphatic rings. The molecule has 3 aromatic rings. The second-order valence-electron chi connectivity index (χ2n) is 19.6. The fourth-order valence-corrected chi connectivity index (χ4v) is 12.0. The van der Waals surface area contributed by atoms with Crippen molar-refractivity contribution in [1.82, 2.24) is 24.7 Å². The summed E-state index contributed by atoms with van der Waals surface area (Å²) in [6.45, 7) is 11.0. The second kappa shape index (κ2) is 17.1. The monoisotopic (exact) mass is 917 g/mol. The zero-order chi connectivity index (χ0) is 45.9. The van der Waals surface area contributed by atoms with E-state index in [0.29, 0.717) is 42.6 Å². The summed E-state index contributed by atoms with van der Waals surface area (Å²) >= 11 is 6.52. The summed E-state index contributed by atoms with van der Waals surface area (Å²) in [5.41, 5.74) is 2.52. The summed E-state index contributed by atoms with van der Waals surface area (Å²) in [5, 5.41) is 7.22. The van der Waals surface area contributed by atoms with Gasteiger partial charge in [0.1, 0.15) is 33.9 Å². The van der Waals surface area contributed by atoms with Gasteiger partial charge in [-0.2, -0.15) is 0 Å².